The van der Waals surface area contributed by atoms with Crippen molar-refractivity contribution in [2.24, 2.45) is 0 Å². The highest BCUT2D eigenvalue weighted by Gasteiger charge is 2.50. The average molecular weight is 383 g/mol. The van der Waals surface area contributed by atoms with Crippen LogP contribution in [-0.4, -0.2) is 52.7 Å². The van der Waals surface area contributed by atoms with E-state index in [2.05, 4.69) is 4.98 Å². The lowest BCUT2D eigenvalue weighted by atomic mass is 10.00. The van der Waals surface area contributed by atoms with Crippen molar-refractivity contribution in [3.8, 4) is 0 Å². The van der Waals surface area contributed by atoms with Gasteiger partial charge in [0.25, 0.3) is 0 Å². The van der Waals surface area contributed by atoms with E-state index in [1.807, 2.05) is 6.07 Å². The van der Waals surface area contributed by atoms with Gasteiger partial charge in [0, 0.05) is 27.0 Å². The quantitative estimate of drug-likeness (QED) is 0.555. The summed E-state index contributed by atoms with van der Waals surface area (Å²) in [5.41, 5.74) is -0.694. The first-order chi connectivity index (χ1) is 12.3. The molecule has 0 N–H and O–H groups in total. The molecule has 26 heavy (non-hydrogen) atoms. The summed E-state index contributed by atoms with van der Waals surface area (Å²) in [5.74, 6) is -1.71. The summed E-state index contributed by atoms with van der Waals surface area (Å²) >= 11 is 1.23. The van der Waals surface area contributed by atoms with E-state index in [0.717, 1.165) is 0 Å². The second kappa shape index (κ2) is 9.00. The van der Waals surface area contributed by atoms with Gasteiger partial charge in [0.2, 0.25) is 0 Å². The fraction of sp³-hybridized carbons (Fsp3) is 0.529. The predicted octanol–water partition coefficient (Wildman–Crippen LogP) is 1.71. The Morgan fingerprint density at radius 1 is 0.962 bits per heavy atom. The van der Waals surface area contributed by atoms with E-state index in [4.69, 9.17) is 18.9 Å². The molecule has 8 nitrogen and oxygen atoms in total. The molecule has 2 rings (SSSR count). The standard InChI is InChI=1S/C17H21NO7S/c1-9-14(23-10(2)19)15(24-11(3)20)16(25-12(4)21)17(22-9)26-13-7-5-6-8-18-13/h5-9,14-17H,1-4H3/t9-,14+,15-,16+,17+/m1/s1. The minimum Gasteiger partial charge on any atom is -0.456 e. The largest absolute Gasteiger partial charge is 0.456 e. The molecule has 1 aliphatic heterocycles. The van der Waals surface area contributed by atoms with Crippen molar-refractivity contribution in [1.29, 1.82) is 0 Å². The van der Waals surface area contributed by atoms with Crippen LogP contribution in [0.4, 0.5) is 0 Å². The molecule has 0 saturated carbocycles. The number of carbonyl (C=O) groups excluding carboxylic acids is 3. The van der Waals surface area contributed by atoms with Crippen molar-refractivity contribution in [2.75, 3.05) is 0 Å². The molecule has 0 bridgehead atoms. The second-order valence-corrected chi connectivity index (χ2v) is 6.84. The zero-order valence-electron chi connectivity index (χ0n) is 14.9. The normalized spacial score (nSPS) is 28.1. The molecule has 1 saturated heterocycles. The minimum absolute atomic E-state index is 0.556. The first kappa shape index (κ1) is 20.2. The Morgan fingerprint density at radius 2 is 1.54 bits per heavy atom. The van der Waals surface area contributed by atoms with Crippen LogP contribution in [0.2, 0.25) is 0 Å². The Balaban J connectivity index is 2.33. The Bertz CT molecular complexity index is 654. The molecule has 142 valence electrons. The summed E-state index contributed by atoms with van der Waals surface area (Å²) in [6.07, 6.45) is -1.83. The molecule has 0 radical (unpaired) electrons. The molecule has 2 heterocycles. The number of nitrogens with zero attached hydrogens (tertiary/aromatic N) is 1. The van der Waals surface area contributed by atoms with Gasteiger partial charge in [-0.2, -0.15) is 0 Å². The van der Waals surface area contributed by atoms with E-state index in [0.29, 0.717) is 5.03 Å². The lowest BCUT2D eigenvalue weighted by Crippen LogP contribution is -2.59. The van der Waals surface area contributed by atoms with Gasteiger partial charge in [-0.25, -0.2) is 4.98 Å². The van der Waals surface area contributed by atoms with Crippen molar-refractivity contribution in [3.63, 3.8) is 0 Å². The van der Waals surface area contributed by atoms with Crippen LogP contribution in [0.5, 0.6) is 0 Å². The van der Waals surface area contributed by atoms with E-state index >= 15 is 0 Å². The third-order valence-corrected chi connectivity index (χ3v) is 4.60. The number of pyridine rings is 1. The molecule has 5 atom stereocenters. The first-order valence-corrected chi connectivity index (χ1v) is 8.90. The number of ether oxygens (including phenoxy) is 4. The van der Waals surface area contributed by atoms with Crippen LogP contribution in [0.3, 0.4) is 0 Å². The van der Waals surface area contributed by atoms with E-state index in [1.54, 1.807) is 25.3 Å². The van der Waals surface area contributed by atoms with Crippen molar-refractivity contribution >= 4 is 29.7 Å². The van der Waals surface area contributed by atoms with Crippen molar-refractivity contribution < 1.29 is 33.3 Å². The number of esters is 3. The Morgan fingerprint density at radius 3 is 2.08 bits per heavy atom. The topological polar surface area (TPSA) is 101 Å². The molecule has 0 aromatic carbocycles. The van der Waals surface area contributed by atoms with Gasteiger partial charge in [-0.3, -0.25) is 14.4 Å². The number of carbonyl (C=O) groups is 3. The van der Waals surface area contributed by atoms with E-state index < -0.39 is 47.8 Å². The Kier molecular flexibility index (Phi) is 6.98. The minimum atomic E-state index is -0.995. The molecular formula is C17H21NO7S. The number of thioether (sulfide) groups is 1. The molecule has 9 heteroatoms. The van der Waals surface area contributed by atoms with Gasteiger partial charge in [-0.05, 0) is 19.1 Å². The van der Waals surface area contributed by atoms with Crippen molar-refractivity contribution in [3.05, 3.63) is 24.4 Å². The van der Waals surface area contributed by atoms with Gasteiger partial charge in [0.05, 0.1) is 11.1 Å². The molecule has 1 aliphatic rings. The highest BCUT2D eigenvalue weighted by molar-refractivity contribution is 7.99. The van der Waals surface area contributed by atoms with Crippen molar-refractivity contribution in [2.45, 2.75) is 62.6 Å². The summed E-state index contributed by atoms with van der Waals surface area (Å²) in [4.78, 5) is 38.8. The summed E-state index contributed by atoms with van der Waals surface area (Å²) in [5, 5.41) is 0.648. The summed E-state index contributed by atoms with van der Waals surface area (Å²) in [6.45, 7) is 5.41. The number of hydrogen-bond acceptors (Lipinski definition) is 9. The Labute approximate surface area is 155 Å². The molecular weight excluding hydrogens is 362 g/mol. The monoisotopic (exact) mass is 383 g/mol. The van der Waals surface area contributed by atoms with Gasteiger partial charge in [-0.1, -0.05) is 17.8 Å². The molecule has 1 aromatic heterocycles. The average Bonchev–Trinajstić information content (AvgIpc) is 2.54. The maximum absolute atomic E-state index is 11.6. The molecule has 0 spiro atoms. The zero-order chi connectivity index (χ0) is 19.3. The number of hydrogen-bond donors (Lipinski definition) is 0. The van der Waals surface area contributed by atoms with Gasteiger partial charge in [0.1, 0.15) is 5.44 Å². The van der Waals surface area contributed by atoms with Crippen LogP contribution in [0.15, 0.2) is 29.4 Å². The molecule has 0 amide bonds. The third-order valence-electron chi connectivity index (χ3n) is 3.51. The van der Waals surface area contributed by atoms with Gasteiger partial charge < -0.3 is 18.9 Å². The van der Waals surface area contributed by atoms with Gasteiger partial charge in [0.15, 0.2) is 18.3 Å². The van der Waals surface area contributed by atoms with Crippen LogP contribution in [0.25, 0.3) is 0 Å². The van der Waals surface area contributed by atoms with Gasteiger partial charge >= 0.3 is 17.9 Å². The summed E-state index contributed by atoms with van der Waals surface area (Å²) in [6, 6.07) is 5.37. The number of rotatable bonds is 5. The van der Waals surface area contributed by atoms with Gasteiger partial charge in [-0.15, -0.1) is 0 Å². The highest BCUT2D eigenvalue weighted by Crippen LogP contribution is 2.36. The van der Waals surface area contributed by atoms with Crippen LogP contribution in [0.1, 0.15) is 27.7 Å². The molecule has 1 fully saturated rings. The smallest absolute Gasteiger partial charge is 0.303 e. The van der Waals surface area contributed by atoms with Crippen LogP contribution >= 0.6 is 11.8 Å². The highest BCUT2D eigenvalue weighted by atomic mass is 32.2. The summed E-state index contributed by atoms with van der Waals surface area (Å²) < 4.78 is 21.9. The van der Waals surface area contributed by atoms with Crippen LogP contribution in [-0.2, 0) is 33.3 Å². The van der Waals surface area contributed by atoms with Crippen LogP contribution < -0.4 is 0 Å². The third kappa shape index (κ3) is 5.43. The zero-order valence-corrected chi connectivity index (χ0v) is 15.7. The first-order valence-electron chi connectivity index (χ1n) is 8.02. The van der Waals surface area contributed by atoms with Crippen LogP contribution in [0, 0.1) is 0 Å². The lowest BCUT2D eigenvalue weighted by molar-refractivity contribution is -0.229. The van der Waals surface area contributed by atoms with E-state index in [1.165, 1.54) is 32.5 Å². The SMILES string of the molecule is CC(=O)O[C@@H]1[C@@H](OC(C)=O)[C@@H](C)O[C@@H](Sc2ccccn2)[C@H]1OC(C)=O. The molecule has 0 unspecified atom stereocenters. The van der Waals surface area contributed by atoms with Crippen molar-refractivity contribution in [1.82, 2.24) is 4.98 Å². The van der Waals surface area contributed by atoms with E-state index in [-0.39, 0.29) is 0 Å². The fourth-order valence-electron chi connectivity index (χ4n) is 2.60. The number of aromatic nitrogens is 1. The summed E-state index contributed by atoms with van der Waals surface area (Å²) in [7, 11) is 0. The molecule has 0 aliphatic carbocycles. The molecule has 1 aromatic rings. The predicted molar refractivity (Wildman–Crippen MR) is 91.1 cm³/mol. The second-order valence-electron chi connectivity index (χ2n) is 5.72. The van der Waals surface area contributed by atoms with E-state index in [9.17, 15) is 14.4 Å². The maximum Gasteiger partial charge on any atom is 0.303 e. The maximum atomic E-state index is 11.6. The lowest BCUT2D eigenvalue weighted by Gasteiger charge is -2.43. The Hall–Kier alpha value is -2.13. The fourth-order valence-corrected chi connectivity index (χ4v) is 3.69.